The largest absolute Gasteiger partial charge is 0.341 e. The SMILES string of the molecule is CNC1CCCN(C(=O)C(C)c2c(C)nn(C)c2C)C1. The predicted molar refractivity (Wildman–Crippen MR) is 79.8 cm³/mol. The Morgan fingerprint density at radius 3 is 2.70 bits per heavy atom. The number of amides is 1. The van der Waals surface area contributed by atoms with Gasteiger partial charge < -0.3 is 10.2 Å². The molecule has 1 fully saturated rings. The van der Waals surface area contributed by atoms with Gasteiger partial charge in [-0.2, -0.15) is 5.10 Å². The zero-order chi connectivity index (χ0) is 14.9. The quantitative estimate of drug-likeness (QED) is 0.908. The Labute approximate surface area is 121 Å². The molecule has 0 radical (unpaired) electrons. The third-order valence-corrected chi connectivity index (χ3v) is 4.51. The van der Waals surface area contributed by atoms with E-state index in [4.69, 9.17) is 0 Å². The van der Waals surface area contributed by atoms with E-state index in [0.717, 1.165) is 42.9 Å². The van der Waals surface area contributed by atoms with Gasteiger partial charge in [-0.3, -0.25) is 9.48 Å². The molecule has 2 heterocycles. The van der Waals surface area contributed by atoms with Crippen LogP contribution < -0.4 is 5.32 Å². The number of rotatable bonds is 3. The van der Waals surface area contributed by atoms with Gasteiger partial charge in [0.05, 0.1) is 11.6 Å². The van der Waals surface area contributed by atoms with E-state index in [1.165, 1.54) is 0 Å². The molecule has 20 heavy (non-hydrogen) atoms. The van der Waals surface area contributed by atoms with Crippen LogP contribution in [0.2, 0.25) is 0 Å². The van der Waals surface area contributed by atoms with Crippen molar-refractivity contribution < 1.29 is 4.79 Å². The molecule has 1 saturated heterocycles. The molecule has 5 nitrogen and oxygen atoms in total. The van der Waals surface area contributed by atoms with Gasteiger partial charge >= 0.3 is 0 Å². The molecule has 1 N–H and O–H groups in total. The second-order valence-corrected chi connectivity index (χ2v) is 5.84. The molecule has 0 spiro atoms. The van der Waals surface area contributed by atoms with E-state index < -0.39 is 0 Å². The van der Waals surface area contributed by atoms with E-state index in [2.05, 4.69) is 10.4 Å². The van der Waals surface area contributed by atoms with Crippen LogP contribution >= 0.6 is 0 Å². The van der Waals surface area contributed by atoms with Crippen molar-refractivity contribution in [2.75, 3.05) is 20.1 Å². The topological polar surface area (TPSA) is 50.2 Å². The molecule has 0 aromatic carbocycles. The summed E-state index contributed by atoms with van der Waals surface area (Å²) in [6.45, 7) is 7.71. The molecule has 0 bridgehead atoms. The lowest BCUT2D eigenvalue weighted by Crippen LogP contribution is -2.48. The summed E-state index contributed by atoms with van der Waals surface area (Å²) in [5.41, 5.74) is 3.14. The van der Waals surface area contributed by atoms with E-state index >= 15 is 0 Å². The average Bonchev–Trinajstić information content (AvgIpc) is 2.70. The molecule has 5 heteroatoms. The van der Waals surface area contributed by atoms with Gasteiger partial charge in [-0.05, 0) is 40.7 Å². The zero-order valence-electron chi connectivity index (χ0n) is 13.2. The predicted octanol–water partition coefficient (Wildman–Crippen LogP) is 1.35. The van der Waals surface area contributed by atoms with Crippen molar-refractivity contribution in [1.29, 1.82) is 0 Å². The van der Waals surface area contributed by atoms with E-state index in [1.54, 1.807) is 0 Å². The number of nitrogens with zero attached hydrogens (tertiary/aromatic N) is 3. The fourth-order valence-corrected chi connectivity index (χ4v) is 3.23. The zero-order valence-corrected chi connectivity index (χ0v) is 13.2. The second-order valence-electron chi connectivity index (χ2n) is 5.84. The monoisotopic (exact) mass is 278 g/mol. The first-order valence-electron chi connectivity index (χ1n) is 7.41. The maximum Gasteiger partial charge on any atom is 0.230 e. The number of piperidine rings is 1. The lowest BCUT2D eigenvalue weighted by molar-refractivity contribution is -0.133. The molecule has 0 saturated carbocycles. The summed E-state index contributed by atoms with van der Waals surface area (Å²) >= 11 is 0. The summed E-state index contributed by atoms with van der Waals surface area (Å²) in [6, 6.07) is 0.427. The van der Waals surface area contributed by atoms with E-state index in [1.807, 2.05) is 44.4 Å². The summed E-state index contributed by atoms with van der Waals surface area (Å²) in [4.78, 5) is 14.7. The number of aryl methyl sites for hydroxylation is 2. The lowest BCUT2D eigenvalue weighted by Gasteiger charge is -2.34. The third kappa shape index (κ3) is 2.73. The number of likely N-dealkylation sites (tertiary alicyclic amines) is 1. The highest BCUT2D eigenvalue weighted by Gasteiger charge is 2.29. The molecular formula is C15H26N4O. The molecule has 2 rings (SSSR count). The Hall–Kier alpha value is -1.36. The van der Waals surface area contributed by atoms with Crippen LogP contribution in [0.5, 0.6) is 0 Å². The summed E-state index contributed by atoms with van der Waals surface area (Å²) in [5, 5.41) is 7.71. The smallest absolute Gasteiger partial charge is 0.230 e. The minimum atomic E-state index is -0.112. The molecule has 1 aromatic heterocycles. The molecule has 1 aliphatic rings. The molecular weight excluding hydrogens is 252 g/mol. The van der Waals surface area contributed by atoms with Gasteiger partial charge in [0.1, 0.15) is 0 Å². The molecule has 2 unspecified atom stereocenters. The highest BCUT2D eigenvalue weighted by atomic mass is 16.2. The number of nitrogens with one attached hydrogen (secondary N) is 1. The van der Waals surface area contributed by atoms with Crippen LogP contribution in [0.3, 0.4) is 0 Å². The Morgan fingerprint density at radius 2 is 2.15 bits per heavy atom. The average molecular weight is 278 g/mol. The van der Waals surface area contributed by atoms with Crippen molar-refractivity contribution >= 4 is 5.91 Å². The number of carbonyl (C=O) groups is 1. The molecule has 1 aliphatic heterocycles. The van der Waals surface area contributed by atoms with Crippen molar-refractivity contribution in [2.45, 2.75) is 45.6 Å². The number of carbonyl (C=O) groups excluding carboxylic acids is 1. The maximum absolute atomic E-state index is 12.7. The minimum Gasteiger partial charge on any atom is -0.341 e. The first-order valence-corrected chi connectivity index (χ1v) is 7.41. The number of aromatic nitrogens is 2. The van der Waals surface area contributed by atoms with Crippen LogP contribution in [0.15, 0.2) is 0 Å². The summed E-state index contributed by atoms with van der Waals surface area (Å²) in [6.07, 6.45) is 2.23. The molecule has 112 valence electrons. The fourth-order valence-electron chi connectivity index (χ4n) is 3.23. The maximum atomic E-state index is 12.7. The number of hydrogen-bond acceptors (Lipinski definition) is 3. The number of likely N-dealkylation sites (N-methyl/N-ethyl adjacent to an activating group) is 1. The van der Waals surface area contributed by atoms with Crippen LogP contribution in [-0.4, -0.2) is 46.8 Å². The molecule has 1 aromatic rings. The van der Waals surface area contributed by atoms with Gasteiger partial charge in [-0.25, -0.2) is 0 Å². The molecule has 2 atom stereocenters. The Balaban J connectivity index is 2.16. The Morgan fingerprint density at radius 1 is 1.45 bits per heavy atom. The Bertz CT molecular complexity index is 494. The van der Waals surface area contributed by atoms with E-state index in [-0.39, 0.29) is 11.8 Å². The minimum absolute atomic E-state index is 0.112. The van der Waals surface area contributed by atoms with Gasteiger partial charge in [-0.15, -0.1) is 0 Å². The molecule has 1 amide bonds. The van der Waals surface area contributed by atoms with Crippen molar-refractivity contribution in [1.82, 2.24) is 20.0 Å². The fraction of sp³-hybridized carbons (Fsp3) is 0.733. The molecule has 0 aliphatic carbocycles. The van der Waals surface area contributed by atoms with Crippen LogP contribution in [0, 0.1) is 13.8 Å². The third-order valence-electron chi connectivity index (χ3n) is 4.51. The first-order chi connectivity index (χ1) is 9.45. The second kappa shape index (κ2) is 5.95. The van der Waals surface area contributed by atoms with E-state index in [9.17, 15) is 4.79 Å². The van der Waals surface area contributed by atoms with Gasteiger partial charge in [0.15, 0.2) is 0 Å². The highest BCUT2D eigenvalue weighted by molar-refractivity contribution is 5.84. The number of hydrogen-bond donors (Lipinski definition) is 1. The van der Waals surface area contributed by atoms with Crippen LogP contribution in [0.25, 0.3) is 0 Å². The standard InChI is InChI=1S/C15H26N4O/c1-10(14-11(2)17-18(5)12(14)3)15(20)19-8-6-7-13(9-19)16-4/h10,13,16H,6-9H2,1-5H3. The van der Waals surface area contributed by atoms with Gasteiger partial charge in [0.2, 0.25) is 5.91 Å². The van der Waals surface area contributed by atoms with Crippen LogP contribution in [0.1, 0.15) is 42.6 Å². The van der Waals surface area contributed by atoms with Gasteiger partial charge in [0, 0.05) is 37.4 Å². The van der Waals surface area contributed by atoms with Gasteiger partial charge in [-0.1, -0.05) is 0 Å². The Kier molecular flexibility index (Phi) is 4.48. The van der Waals surface area contributed by atoms with Crippen molar-refractivity contribution in [3.05, 3.63) is 17.0 Å². The van der Waals surface area contributed by atoms with Crippen molar-refractivity contribution in [2.24, 2.45) is 7.05 Å². The first kappa shape index (κ1) is 15.0. The normalized spacial score (nSPS) is 21.1. The van der Waals surface area contributed by atoms with Crippen molar-refractivity contribution in [3.63, 3.8) is 0 Å². The lowest BCUT2D eigenvalue weighted by atomic mass is 9.96. The van der Waals surface area contributed by atoms with Crippen LogP contribution in [0.4, 0.5) is 0 Å². The highest BCUT2D eigenvalue weighted by Crippen LogP contribution is 2.26. The summed E-state index contributed by atoms with van der Waals surface area (Å²) < 4.78 is 1.86. The van der Waals surface area contributed by atoms with E-state index in [0.29, 0.717) is 6.04 Å². The van der Waals surface area contributed by atoms with Crippen molar-refractivity contribution in [3.8, 4) is 0 Å². The summed E-state index contributed by atoms with van der Waals surface area (Å²) in [7, 11) is 3.90. The summed E-state index contributed by atoms with van der Waals surface area (Å²) in [5.74, 6) is 0.114. The van der Waals surface area contributed by atoms with Gasteiger partial charge in [0.25, 0.3) is 0 Å². The van der Waals surface area contributed by atoms with Crippen LogP contribution in [-0.2, 0) is 11.8 Å².